The lowest BCUT2D eigenvalue weighted by Gasteiger charge is -2.06. The zero-order valence-corrected chi connectivity index (χ0v) is 12.4. The Kier molecular flexibility index (Phi) is 3.35. The van der Waals surface area contributed by atoms with Gasteiger partial charge in [-0.15, -0.1) is 0 Å². The van der Waals surface area contributed by atoms with Gasteiger partial charge in [-0.05, 0) is 6.07 Å². The number of sulfonamides is 1. The molecule has 3 aromatic rings. The molecule has 0 amide bonds. The third-order valence-electron chi connectivity index (χ3n) is 3.19. The van der Waals surface area contributed by atoms with Crippen LogP contribution in [-0.4, -0.2) is 18.4 Å². The van der Waals surface area contributed by atoms with E-state index in [1.165, 1.54) is 6.20 Å². The van der Waals surface area contributed by atoms with Crippen molar-refractivity contribution in [3.63, 3.8) is 0 Å². The fraction of sp³-hybridized carbons (Fsp3) is 0.143. The van der Waals surface area contributed by atoms with Crippen LogP contribution >= 0.6 is 0 Å². The highest BCUT2D eigenvalue weighted by molar-refractivity contribution is 7.92. The number of aryl methyl sites for hydroxylation is 1. The number of rotatable bonds is 4. The summed E-state index contributed by atoms with van der Waals surface area (Å²) < 4.78 is 32.2. The van der Waals surface area contributed by atoms with Crippen LogP contribution in [0.5, 0.6) is 0 Å². The summed E-state index contributed by atoms with van der Waals surface area (Å²) in [5.41, 5.74) is 1.34. The van der Waals surface area contributed by atoms with Crippen LogP contribution in [0.2, 0.25) is 0 Å². The Balaban J connectivity index is 2.02. The van der Waals surface area contributed by atoms with E-state index >= 15 is 0 Å². The van der Waals surface area contributed by atoms with Gasteiger partial charge in [0, 0.05) is 18.0 Å². The fourth-order valence-corrected chi connectivity index (χ4v) is 3.07. The molecule has 0 spiro atoms. The predicted molar refractivity (Wildman–Crippen MR) is 79.7 cm³/mol. The van der Waals surface area contributed by atoms with E-state index in [9.17, 15) is 8.42 Å². The van der Waals surface area contributed by atoms with Crippen molar-refractivity contribution < 1.29 is 12.8 Å². The molecule has 22 heavy (non-hydrogen) atoms. The van der Waals surface area contributed by atoms with E-state index in [2.05, 4.69) is 14.7 Å². The Morgan fingerprint density at radius 1 is 1.45 bits per heavy atom. The van der Waals surface area contributed by atoms with Gasteiger partial charge < -0.3 is 9.40 Å². The third-order valence-corrected chi connectivity index (χ3v) is 4.42. The number of nitrogens with zero attached hydrogens (tertiary/aromatic N) is 2. The number of hydrogen-bond donors (Lipinski definition) is 2. The van der Waals surface area contributed by atoms with E-state index < -0.39 is 10.0 Å². The molecule has 0 aliphatic carbocycles. The fourth-order valence-electron chi connectivity index (χ4n) is 2.11. The van der Waals surface area contributed by atoms with Crippen LogP contribution in [0.3, 0.4) is 0 Å². The topological polar surface area (TPSA) is 112 Å². The highest BCUT2D eigenvalue weighted by Crippen LogP contribution is 2.26. The number of anilines is 1. The first kappa shape index (κ1) is 14.2. The molecule has 0 bridgehead atoms. The van der Waals surface area contributed by atoms with Gasteiger partial charge in [0.15, 0.2) is 5.89 Å². The van der Waals surface area contributed by atoms with Crippen molar-refractivity contribution in [3.8, 4) is 6.07 Å². The van der Waals surface area contributed by atoms with Crippen molar-refractivity contribution in [3.05, 3.63) is 42.1 Å². The number of aromatic amines is 1. The smallest absolute Gasteiger partial charge is 0.282 e. The van der Waals surface area contributed by atoms with Gasteiger partial charge in [-0.1, -0.05) is 19.1 Å². The molecule has 7 nitrogen and oxygen atoms in total. The van der Waals surface area contributed by atoms with Crippen molar-refractivity contribution in [2.75, 3.05) is 4.72 Å². The highest BCUT2D eigenvalue weighted by atomic mass is 32.2. The molecule has 1 aromatic carbocycles. The van der Waals surface area contributed by atoms with Crippen molar-refractivity contribution in [2.24, 2.45) is 0 Å². The summed E-state index contributed by atoms with van der Waals surface area (Å²) in [6.07, 6.45) is 3.15. The first-order valence-corrected chi connectivity index (χ1v) is 8.01. The molecule has 112 valence electrons. The highest BCUT2D eigenvalue weighted by Gasteiger charge is 2.20. The van der Waals surface area contributed by atoms with Gasteiger partial charge in [-0.2, -0.15) is 13.7 Å². The second kappa shape index (κ2) is 5.20. The lowest BCUT2D eigenvalue weighted by molar-refractivity contribution is 0.500. The average Bonchev–Trinajstić information content (AvgIpc) is 3.14. The maximum Gasteiger partial charge on any atom is 0.282 e. The number of para-hydroxylation sites is 1. The molecule has 2 aromatic heterocycles. The minimum absolute atomic E-state index is 0.173. The molecule has 0 saturated heterocycles. The Morgan fingerprint density at radius 3 is 2.95 bits per heavy atom. The maximum absolute atomic E-state index is 12.3. The summed E-state index contributed by atoms with van der Waals surface area (Å²) in [7, 11) is -3.85. The summed E-state index contributed by atoms with van der Waals surface area (Å²) in [6, 6.07) is 7.08. The van der Waals surface area contributed by atoms with E-state index in [4.69, 9.17) is 9.68 Å². The maximum atomic E-state index is 12.3. The lowest BCUT2D eigenvalue weighted by atomic mass is 10.2. The van der Waals surface area contributed by atoms with Crippen LogP contribution in [0.15, 0.2) is 40.1 Å². The normalized spacial score (nSPS) is 11.5. The predicted octanol–water partition coefficient (Wildman–Crippen LogP) is 2.39. The number of benzene rings is 1. The number of oxazole rings is 1. The zero-order valence-electron chi connectivity index (χ0n) is 11.6. The molecule has 0 aliphatic rings. The quantitative estimate of drug-likeness (QED) is 0.767. The molecule has 8 heteroatoms. The van der Waals surface area contributed by atoms with Crippen LogP contribution in [0.4, 0.5) is 5.69 Å². The molecule has 2 N–H and O–H groups in total. The van der Waals surface area contributed by atoms with Crippen LogP contribution < -0.4 is 4.72 Å². The van der Waals surface area contributed by atoms with Gasteiger partial charge in [0.2, 0.25) is 5.03 Å². The number of nitrogens with one attached hydrogen (secondary N) is 2. The number of hydrogen-bond acceptors (Lipinski definition) is 5. The van der Waals surface area contributed by atoms with E-state index in [0.29, 0.717) is 34.5 Å². The molecule has 0 fully saturated rings. The van der Waals surface area contributed by atoms with Crippen LogP contribution in [0.25, 0.3) is 10.9 Å². The van der Waals surface area contributed by atoms with E-state index in [1.54, 1.807) is 18.2 Å². The van der Waals surface area contributed by atoms with E-state index in [-0.39, 0.29) is 5.03 Å². The summed E-state index contributed by atoms with van der Waals surface area (Å²) in [4.78, 5) is 6.82. The van der Waals surface area contributed by atoms with Gasteiger partial charge in [-0.3, -0.25) is 4.72 Å². The summed E-state index contributed by atoms with van der Waals surface area (Å²) >= 11 is 0. The van der Waals surface area contributed by atoms with Gasteiger partial charge in [0.25, 0.3) is 10.0 Å². The molecular weight excluding hydrogens is 304 g/mol. The SMILES string of the molecule is CCc1nc(S(=O)(=O)Nc2cccc3c(C#N)c[nH]c23)co1. The zero-order chi connectivity index (χ0) is 15.7. The standard InChI is InChI=1S/C14H12N4O3S/c1-2-12-17-13(8-21-12)22(19,20)18-11-5-3-4-10-9(6-15)7-16-14(10)11/h3-5,7-8,16,18H,2H2,1H3. The molecule has 3 rings (SSSR count). The largest absolute Gasteiger partial charge is 0.448 e. The van der Waals surface area contributed by atoms with Crippen LogP contribution in [-0.2, 0) is 16.4 Å². The number of fused-ring (bicyclic) bond motifs is 1. The van der Waals surface area contributed by atoms with Crippen LogP contribution in [0.1, 0.15) is 18.4 Å². The second-order valence-corrected chi connectivity index (χ2v) is 6.21. The van der Waals surface area contributed by atoms with Gasteiger partial charge >= 0.3 is 0 Å². The second-order valence-electron chi connectivity index (χ2n) is 4.58. The molecule has 0 aliphatic heterocycles. The third kappa shape index (κ3) is 2.31. The Morgan fingerprint density at radius 2 is 2.27 bits per heavy atom. The molecule has 0 radical (unpaired) electrons. The van der Waals surface area contributed by atoms with Gasteiger partial charge in [0.1, 0.15) is 12.3 Å². The first-order valence-electron chi connectivity index (χ1n) is 6.52. The van der Waals surface area contributed by atoms with E-state index in [0.717, 1.165) is 6.26 Å². The monoisotopic (exact) mass is 316 g/mol. The number of aromatic nitrogens is 2. The van der Waals surface area contributed by atoms with Crippen molar-refractivity contribution >= 4 is 26.6 Å². The van der Waals surface area contributed by atoms with Gasteiger partial charge in [-0.25, -0.2) is 4.98 Å². The van der Waals surface area contributed by atoms with Gasteiger partial charge in [0.05, 0.1) is 16.8 Å². The summed E-state index contributed by atoms with van der Waals surface area (Å²) in [5.74, 6) is 0.352. The Labute approximate surface area is 126 Å². The van der Waals surface area contributed by atoms with E-state index in [1.807, 2.05) is 13.0 Å². The molecule has 0 saturated carbocycles. The molecule has 0 atom stereocenters. The molecule has 0 unspecified atom stereocenters. The summed E-state index contributed by atoms with van der Waals surface area (Å²) in [5, 5.41) is 9.50. The first-order chi connectivity index (χ1) is 10.5. The summed E-state index contributed by atoms with van der Waals surface area (Å²) in [6.45, 7) is 1.82. The van der Waals surface area contributed by atoms with Crippen molar-refractivity contribution in [1.29, 1.82) is 5.26 Å². The Hall–Kier alpha value is -2.79. The average molecular weight is 316 g/mol. The van der Waals surface area contributed by atoms with Crippen LogP contribution in [0, 0.1) is 11.3 Å². The molecular formula is C14H12N4O3S. The number of H-pyrrole nitrogens is 1. The molecule has 2 heterocycles. The Bertz CT molecular complexity index is 979. The minimum Gasteiger partial charge on any atom is -0.448 e. The van der Waals surface area contributed by atoms with Crippen molar-refractivity contribution in [1.82, 2.24) is 9.97 Å². The van der Waals surface area contributed by atoms with Crippen molar-refractivity contribution in [2.45, 2.75) is 18.4 Å². The number of nitriles is 1. The lowest BCUT2D eigenvalue weighted by Crippen LogP contribution is -2.13. The minimum atomic E-state index is -3.85.